The molecule has 1 heterocycles. The first-order valence-corrected chi connectivity index (χ1v) is 10.4. The predicted molar refractivity (Wildman–Crippen MR) is 110 cm³/mol. The van der Waals surface area contributed by atoms with Crippen molar-refractivity contribution in [2.24, 2.45) is 0 Å². The van der Waals surface area contributed by atoms with Crippen molar-refractivity contribution in [1.82, 2.24) is 0 Å². The molecule has 0 N–H and O–H groups in total. The lowest BCUT2D eigenvalue weighted by Gasteiger charge is -2.21. The maximum Gasteiger partial charge on any atom is 0.432 e. The fourth-order valence-electron chi connectivity index (χ4n) is 3.70. The molecule has 0 aliphatic carbocycles. The quantitative estimate of drug-likeness (QED) is 0.252. The van der Waals surface area contributed by atoms with E-state index in [1.807, 2.05) is 0 Å². The predicted octanol–water partition coefficient (Wildman–Crippen LogP) is 8.00. The van der Waals surface area contributed by atoms with Gasteiger partial charge in [0.15, 0.2) is 29.1 Å². The number of benzene rings is 3. The molecule has 0 spiro atoms. The zero-order chi connectivity index (χ0) is 26.4. The molecule has 1 aliphatic rings. The van der Waals surface area contributed by atoms with Crippen LogP contribution >= 0.6 is 0 Å². The summed E-state index contributed by atoms with van der Waals surface area (Å²) in [6, 6.07) is 2.96. The molecule has 1 aliphatic heterocycles. The Morgan fingerprint density at radius 1 is 0.778 bits per heavy atom. The van der Waals surface area contributed by atoms with Gasteiger partial charge < -0.3 is 9.47 Å². The molecule has 3 aromatic rings. The van der Waals surface area contributed by atoms with Crippen molar-refractivity contribution >= 4 is 5.57 Å². The van der Waals surface area contributed by atoms with Gasteiger partial charge in [-0.2, -0.15) is 8.78 Å². The van der Waals surface area contributed by atoms with Gasteiger partial charge in [-0.25, -0.2) is 30.7 Å². The molecule has 0 aromatic heterocycles. The number of alkyl halides is 2. The van der Waals surface area contributed by atoms with E-state index < -0.39 is 69.3 Å². The van der Waals surface area contributed by atoms with Crippen LogP contribution in [0.1, 0.15) is 30.9 Å². The highest BCUT2D eigenvalue weighted by molar-refractivity contribution is 5.72. The highest BCUT2D eigenvalue weighted by Gasteiger charge is 2.41. The Morgan fingerprint density at radius 3 is 1.89 bits per heavy atom. The van der Waals surface area contributed by atoms with Gasteiger partial charge in [0.1, 0.15) is 22.9 Å². The van der Waals surface area contributed by atoms with Crippen LogP contribution in [0.2, 0.25) is 0 Å². The third-order valence-electron chi connectivity index (χ3n) is 5.54. The number of rotatable bonds is 5. The van der Waals surface area contributed by atoms with E-state index >= 15 is 0 Å². The first kappa shape index (κ1) is 25.5. The largest absolute Gasteiger partial charge is 0.498 e. The third kappa shape index (κ3) is 4.74. The topological polar surface area (TPSA) is 18.5 Å². The highest BCUT2D eigenvalue weighted by atomic mass is 19.3. The zero-order valence-corrected chi connectivity index (χ0v) is 18.3. The Bertz CT molecular complexity index is 1320. The number of halogens is 9. The molecule has 0 radical (unpaired) electrons. The van der Waals surface area contributed by atoms with Crippen LogP contribution in [0.5, 0.6) is 5.75 Å². The van der Waals surface area contributed by atoms with E-state index in [9.17, 15) is 39.5 Å². The molecular formula is C25H15F9O2. The van der Waals surface area contributed by atoms with Crippen LogP contribution in [-0.4, -0.2) is 6.10 Å². The summed E-state index contributed by atoms with van der Waals surface area (Å²) in [6.45, 7) is 1.80. The molecule has 0 fully saturated rings. The summed E-state index contributed by atoms with van der Waals surface area (Å²) >= 11 is 0. The second-order valence-electron chi connectivity index (χ2n) is 8.05. The standard InChI is InChI=1S/C25H15F9O2/c1-11-2-3-12(10-35-11)15-4-5-16(23(31)22(15)30)13-6-17(26)21(18(27)7-13)25(33,34)36-14-8-19(28)24(32)20(29)9-14/h4-11H,2-3H2,1H3. The lowest BCUT2D eigenvalue weighted by Crippen LogP contribution is -2.25. The molecule has 4 rings (SSSR count). The molecule has 0 saturated heterocycles. The zero-order valence-electron chi connectivity index (χ0n) is 18.3. The monoisotopic (exact) mass is 518 g/mol. The average molecular weight is 518 g/mol. The Morgan fingerprint density at radius 2 is 1.33 bits per heavy atom. The number of hydrogen-bond acceptors (Lipinski definition) is 2. The lowest BCUT2D eigenvalue weighted by atomic mass is 9.95. The number of allylic oxidation sites excluding steroid dienone is 1. The summed E-state index contributed by atoms with van der Waals surface area (Å²) in [6.07, 6.45) is -2.68. The Hall–Kier alpha value is -3.63. The van der Waals surface area contributed by atoms with Crippen molar-refractivity contribution in [2.45, 2.75) is 32.0 Å². The molecule has 1 atom stereocenters. The van der Waals surface area contributed by atoms with Crippen molar-refractivity contribution < 1.29 is 49.0 Å². The van der Waals surface area contributed by atoms with Crippen molar-refractivity contribution in [3.63, 3.8) is 0 Å². The molecule has 2 nitrogen and oxygen atoms in total. The summed E-state index contributed by atoms with van der Waals surface area (Å²) in [4.78, 5) is 0. The van der Waals surface area contributed by atoms with E-state index in [4.69, 9.17) is 4.74 Å². The minimum Gasteiger partial charge on any atom is -0.498 e. The number of hydrogen-bond donors (Lipinski definition) is 0. The van der Waals surface area contributed by atoms with E-state index in [1.165, 1.54) is 6.26 Å². The van der Waals surface area contributed by atoms with Crippen LogP contribution in [-0.2, 0) is 10.8 Å². The van der Waals surface area contributed by atoms with Crippen molar-refractivity contribution in [3.05, 3.63) is 94.5 Å². The van der Waals surface area contributed by atoms with Gasteiger partial charge in [-0.3, -0.25) is 0 Å². The van der Waals surface area contributed by atoms with Crippen molar-refractivity contribution in [3.8, 4) is 16.9 Å². The van der Waals surface area contributed by atoms with Crippen LogP contribution in [0.15, 0.2) is 42.7 Å². The van der Waals surface area contributed by atoms with Gasteiger partial charge in [0.25, 0.3) is 0 Å². The van der Waals surface area contributed by atoms with Gasteiger partial charge in [-0.15, -0.1) is 0 Å². The molecule has 0 saturated carbocycles. The van der Waals surface area contributed by atoms with Crippen LogP contribution in [0.4, 0.5) is 39.5 Å². The van der Waals surface area contributed by atoms with Gasteiger partial charge >= 0.3 is 6.11 Å². The van der Waals surface area contributed by atoms with Gasteiger partial charge in [0.2, 0.25) is 0 Å². The van der Waals surface area contributed by atoms with Gasteiger partial charge in [0, 0.05) is 23.3 Å². The molecule has 11 heteroatoms. The van der Waals surface area contributed by atoms with Gasteiger partial charge in [0.05, 0.1) is 12.4 Å². The fourth-order valence-corrected chi connectivity index (χ4v) is 3.70. The van der Waals surface area contributed by atoms with Crippen LogP contribution < -0.4 is 4.74 Å². The average Bonchev–Trinajstić information content (AvgIpc) is 2.79. The molecule has 190 valence electrons. The summed E-state index contributed by atoms with van der Waals surface area (Å²) < 4.78 is 137. The summed E-state index contributed by atoms with van der Waals surface area (Å²) in [5.41, 5.74) is -2.94. The Balaban J connectivity index is 1.68. The van der Waals surface area contributed by atoms with Crippen LogP contribution in [0, 0.1) is 40.7 Å². The third-order valence-corrected chi connectivity index (χ3v) is 5.54. The fraction of sp³-hybridized carbons (Fsp3) is 0.200. The molecular weight excluding hydrogens is 503 g/mol. The Kier molecular flexibility index (Phi) is 6.68. The van der Waals surface area contributed by atoms with Crippen molar-refractivity contribution in [2.75, 3.05) is 0 Å². The second-order valence-corrected chi connectivity index (χ2v) is 8.05. The van der Waals surface area contributed by atoms with E-state index in [-0.39, 0.29) is 23.8 Å². The minimum absolute atomic E-state index is 0.0592. The molecule has 3 aromatic carbocycles. The highest BCUT2D eigenvalue weighted by Crippen LogP contribution is 2.39. The molecule has 1 unspecified atom stereocenters. The van der Waals surface area contributed by atoms with Crippen LogP contribution in [0.25, 0.3) is 16.7 Å². The summed E-state index contributed by atoms with van der Waals surface area (Å²) in [5.74, 6) is -13.6. The summed E-state index contributed by atoms with van der Waals surface area (Å²) in [5, 5.41) is 0. The summed E-state index contributed by atoms with van der Waals surface area (Å²) in [7, 11) is 0. The van der Waals surface area contributed by atoms with Crippen LogP contribution in [0.3, 0.4) is 0 Å². The van der Waals surface area contributed by atoms with Crippen molar-refractivity contribution in [1.29, 1.82) is 0 Å². The smallest absolute Gasteiger partial charge is 0.432 e. The normalized spacial score (nSPS) is 15.9. The lowest BCUT2D eigenvalue weighted by molar-refractivity contribution is -0.189. The Labute approximate surface area is 198 Å². The number of ether oxygens (including phenoxy) is 2. The minimum atomic E-state index is -4.82. The second kappa shape index (κ2) is 9.44. The van der Waals surface area contributed by atoms with E-state index in [2.05, 4.69) is 4.74 Å². The maximum absolute atomic E-state index is 14.8. The molecule has 0 amide bonds. The van der Waals surface area contributed by atoms with E-state index in [1.54, 1.807) is 6.92 Å². The maximum atomic E-state index is 14.8. The molecule has 0 bridgehead atoms. The molecule has 36 heavy (non-hydrogen) atoms. The SMILES string of the molecule is CC1CCC(c2ccc(-c3cc(F)c(C(F)(F)Oc4cc(F)c(F)c(F)c4)c(F)c3)c(F)c2F)=CO1. The first-order valence-electron chi connectivity index (χ1n) is 10.4. The van der Waals surface area contributed by atoms with Gasteiger partial charge in [-0.1, -0.05) is 12.1 Å². The van der Waals surface area contributed by atoms with Gasteiger partial charge in [-0.05, 0) is 43.0 Å². The first-order chi connectivity index (χ1) is 16.9. The van der Waals surface area contributed by atoms with E-state index in [0.717, 1.165) is 12.1 Å². The van der Waals surface area contributed by atoms with E-state index in [0.29, 0.717) is 30.5 Å².